The minimum absolute atomic E-state index is 0.449. The molecular formula is C15H27N3S. The van der Waals surface area contributed by atoms with Gasteiger partial charge in [-0.3, -0.25) is 0 Å². The molecule has 0 bridgehead atoms. The third-order valence-corrected chi connectivity index (χ3v) is 4.50. The molecule has 0 radical (unpaired) electrons. The van der Waals surface area contributed by atoms with Gasteiger partial charge in [0.1, 0.15) is 11.6 Å². The molecule has 0 aromatic carbocycles. The summed E-state index contributed by atoms with van der Waals surface area (Å²) in [4.78, 5) is 9.38. The molecule has 0 aliphatic heterocycles. The molecular weight excluding hydrogens is 254 g/mol. The highest BCUT2D eigenvalue weighted by atomic mass is 32.2. The summed E-state index contributed by atoms with van der Waals surface area (Å²) in [6.07, 6.45) is 1.19. The van der Waals surface area contributed by atoms with Gasteiger partial charge in [-0.2, -0.15) is 11.8 Å². The van der Waals surface area contributed by atoms with Crippen LogP contribution in [0, 0.1) is 6.92 Å². The van der Waals surface area contributed by atoms with E-state index in [0.29, 0.717) is 11.2 Å². The maximum atomic E-state index is 4.71. The Balaban J connectivity index is 2.96. The van der Waals surface area contributed by atoms with Gasteiger partial charge in [0.25, 0.3) is 0 Å². The fraction of sp³-hybridized carbons (Fsp3) is 0.733. The molecule has 4 heteroatoms. The molecule has 0 saturated carbocycles. The first-order valence-electron chi connectivity index (χ1n) is 7.22. The first-order chi connectivity index (χ1) is 8.99. The molecule has 1 aromatic rings. The number of thioether (sulfide) groups is 1. The van der Waals surface area contributed by atoms with E-state index < -0.39 is 0 Å². The van der Waals surface area contributed by atoms with E-state index >= 15 is 0 Å². The van der Waals surface area contributed by atoms with E-state index in [-0.39, 0.29) is 0 Å². The average molecular weight is 281 g/mol. The topological polar surface area (TPSA) is 37.8 Å². The first kappa shape index (κ1) is 16.3. The second-order valence-corrected chi connectivity index (χ2v) is 6.63. The van der Waals surface area contributed by atoms with Crippen LogP contribution in [0.15, 0.2) is 0 Å². The summed E-state index contributed by atoms with van der Waals surface area (Å²) in [6, 6.07) is 0. The lowest BCUT2D eigenvalue weighted by Gasteiger charge is -2.17. The van der Waals surface area contributed by atoms with Crippen LogP contribution in [0.2, 0.25) is 0 Å². The number of aromatic nitrogens is 2. The monoisotopic (exact) mass is 281 g/mol. The second-order valence-electron chi connectivity index (χ2n) is 5.20. The Bertz CT molecular complexity index is 405. The zero-order valence-corrected chi connectivity index (χ0v) is 13.9. The van der Waals surface area contributed by atoms with Crippen LogP contribution < -0.4 is 5.32 Å². The van der Waals surface area contributed by atoms with Gasteiger partial charge in [0.15, 0.2) is 0 Å². The number of rotatable bonds is 7. The number of nitrogens with zero attached hydrogens (tertiary/aromatic N) is 2. The maximum Gasteiger partial charge on any atom is 0.140 e. The van der Waals surface area contributed by atoms with Crippen molar-refractivity contribution in [3.8, 4) is 0 Å². The molecule has 1 unspecified atom stereocenters. The van der Waals surface area contributed by atoms with Gasteiger partial charge < -0.3 is 5.32 Å². The smallest absolute Gasteiger partial charge is 0.140 e. The van der Waals surface area contributed by atoms with E-state index in [1.165, 1.54) is 12.0 Å². The lowest BCUT2D eigenvalue weighted by molar-refractivity contribution is 0.817. The molecule has 0 aliphatic rings. The lowest BCUT2D eigenvalue weighted by Crippen LogP contribution is -2.11. The van der Waals surface area contributed by atoms with Crippen molar-refractivity contribution < 1.29 is 0 Å². The SMILES string of the molecule is CCNc1nc(CSC(C)CC)nc(C)c1C(C)C. The van der Waals surface area contributed by atoms with Crippen molar-refractivity contribution in [3.63, 3.8) is 0 Å². The molecule has 19 heavy (non-hydrogen) atoms. The number of anilines is 1. The van der Waals surface area contributed by atoms with Crippen molar-refractivity contribution in [3.05, 3.63) is 17.1 Å². The van der Waals surface area contributed by atoms with Crippen LogP contribution in [0.1, 0.15) is 64.0 Å². The largest absolute Gasteiger partial charge is 0.370 e. The normalized spacial score (nSPS) is 12.8. The van der Waals surface area contributed by atoms with Gasteiger partial charge in [-0.1, -0.05) is 27.7 Å². The molecule has 0 fully saturated rings. The molecule has 0 spiro atoms. The molecule has 0 saturated heterocycles. The highest BCUT2D eigenvalue weighted by Crippen LogP contribution is 2.26. The fourth-order valence-corrected chi connectivity index (χ4v) is 2.83. The van der Waals surface area contributed by atoms with Crippen LogP contribution in [0.25, 0.3) is 0 Å². The van der Waals surface area contributed by atoms with E-state index in [4.69, 9.17) is 4.98 Å². The highest BCUT2D eigenvalue weighted by Gasteiger charge is 2.14. The Labute approximate surface area is 122 Å². The van der Waals surface area contributed by atoms with E-state index in [1.807, 2.05) is 11.8 Å². The van der Waals surface area contributed by atoms with Crippen LogP contribution in [-0.2, 0) is 5.75 Å². The van der Waals surface area contributed by atoms with E-state index in [0.717, 1.165) is 29.6 Å². The Morgan fingerprint density at radius 1 is 1.16 bits per heavy atom. The summed E-state index contributed by atoms with van der Waals surface area (Å²) in [7, 11) is 0. The molecule has 108 valence electrons. The summed E-state index contributed by atoms with van der Waals surface area (Å²) < 4.78 is 0. The van der Waals surface area contributed by atoms with Gasteiger partial charge in [-0.25, -0.2) is 9.97 Å². The summed E-state index contributed by atoms with van der Waals surface area (Å²) in [5, 5.41) is 4.04. The Morgan fingerprint density at radius 2 is 1.84 bits per heavy atom. The molecule has 1 heterocycles. The van der Waals surface area contributed by atoms with Gasteiger partial charge in [0.05, 0.1) is 5.75 Å². The molecule has 0 amide bonds. The van der Waals surface area contributed by atoms with Crippen molar-refractivity contribution in [2.45, 2.75) is 64.9 Å². The molecule has 1 aromatic heterocycles. The number of hydrogen-bond acceptors (Lipinski definition) is 4. The van der Waals surface area contributed by atoms with Crippen LogP contribution in [0.3, 0.4) is 0 Å². The van der Waals surface area contributed by atoms with Crippen molar-refractivity contribution >= 4 is 17.6 Å². The Morgan fingerprint density at radius 3 is 2.37 bits per heavy atom. The van der Waals surface area contributed by atoms with Gasteiger partial charge in [-0.05, 0) is 26.2 Å². The lowest BCUT2D eigenvalue weighted by atomic mass is 10.0. The highest BCUT2D eigenvalue weighted by molar-refractivity contribution is 7.99. The minimum atomic E-state index is 0.449. The Kier molecular flexibility index (Phi) is 6.63. The Hall–Kier alpha value is -0.770. The van der Waals surface area contributed by atoms with Gasteiger partial charge in [0, 0.05) is 23.1 Å². The third-order valence-electron chi connectivity index (χ3n) is 3.18. The summed E-state index contributed by atoms with van der Waals surface area (Å²) in [5.74, 6) is 3.31. The average Bonchev–Trinajstić information content (AvgIpc) is 2.35. The number of nitrogens with one attached hydrogen (secondary N) is 1. The summed E-state index contributed by atoms with van der Waals surface area (Å²) in [5.41, 5.74) is 2.36. The van der Waals surface area contributed by atoms with E-state index in [1.54, 1.807) is 0 Å². The molecule has 0 aliphatic carbocycles. The zero-order chi connectivity index (χ0) is 14.4. The summed E-state index contributed by atoms with van der Waals surface area (Å²) in [6.45, 7) is 14.0. The zero-order valence-electron chi connectivity index (χ0n) is 13.1. The predicted octanol–water partition coefficient (Wildman–Crippen LogP) is 4.37. The molecule has 1 N–H and O–H groups in total. The first-order valence-corrected chi connectivity index (χ1v) is 8.27. The summed E-state index contributed by atoms with van der Waals surface area (Å²) >= 11 is 1.93. The van der Waals surface area contributed by atoms with Crippen molar-refractivity contribution in [2.24, 2.45) is 0 Å². The minimum Gasteiger partial charge on any atom is -0.370 e. The van der Waals surface area contributed by atoms with Crippen molar-refractivity contribution in [1.82, 2.24) is 9.97 Å². The van der Waals surface area contributed by atoms with Gasteiger partial charge in [-0.15, -0.1) is 0 Å². The van der Waals surface area contributed by atoms with E-state index in [9.17, 15) is 0 Å². The van der Waals surface area contributed by atoms with Crippen LogP contribution in [0.5, 0.6) is 0 Å². The maximum absolute atomic E-state index is 4.71. The molecule has 1 rings (SSSR count). The third kappa shape index (κ3) is 4.68. The van der Waals surface area contributed by atoms with Crippen LogP contribution >= 0.6 is 11.8 Å². The standard InChI is InChI=1S/C15H27N3S/c1-7-11(5)19-9-13-17-12(6)14(10(3)4)15(18-13)16-8-2/h10-11H,7-9H2,1-6H3,(H,16,17,18). The number of aryl methyl sites for hydroxylation is 1. The fourth-order valence-electron chi connectivity index (χ4n) is 2.03. The van der Waals surface area contributed by atoms with Crippen LogP contribution in [0.4, 0.5) is 5.82 Å². The molecule has 3 nitrogen and oxygen atoms in total. The van der Waals surface area contributed by atoms with Gasteiger partial charge in [0.2, 0.25) is 0 Å². The van der Waals surface area contributed by atoms with Crippen LogP contribution in [-0.4, -0.2) is 21.8 Å². The van der Waals surface area contributed by atoms with Crippen molar-refractivity contribution in [2.75, 3.05) is 11.9 Å². The number of hydrogen-bond donors (Lipinski definition) is 1. The molecule has 1 atom stereocenters. The van der Waals surface area contributed by atoms with Gasteiger partial charge >= 0.3 is 0 Å². The predicted molar refractivity (Wildman–Crippen MR) is 86.1 cm³/mol. The second kappa shape index (κ2) is 7.73. The van der Waals surface area contributed by atoms with E-state index in [2.05, 4.69) is 51.8 Å². The van der Waals surface area contributed by atoms with Crippen molar-refractivity contribution in [1.29, 1.82) is 0 Å². The quantitative estimate of drug-likeness (QED) is 0.805.